The second-order valence-electron chi connectivity index (χ2n) is 2.85. The second-order valence-corrected chi connectivity index (χ2v) is 5.27. The first-order valence-electron chi connectivity index (χ1n) is 4.31. The number of hydrogen-bond donors (Lipinski definition) is 2. The molecule has 2 rings (SSSR count). The van der Waals surface area contributed by atoms with E-state index in [2.05, 4.69) is 20.4 Å². The van der Waals surface area contributed by atoms with Crippen LogP contribution in [0.3, 0.4) is 0 Å². The standard InChI is InChI=1S/C8H8N6S2/c1-4-12-14-8(15-4)16-7-5(6(9)10)2-3-11-13-7/h2-3H,1H3,(H3,9,10). The number of aromatic nitrogens is 4. The Bertz CT molecular complexity index is 523. The third-order valence-electron chi connectivity index (χ3n) is 1.67. The molecule has 0 atom stereocenters. The van der Waals surface area contributed by atoms with Crippen LogP contribution in [-0.2, 0) is 0 Å². The van der Waals surface area contributed by atoms with E-state index in [1.54, 1.807) is 6.07 Å². The lowest BCUT2D eigenvalue weighted by molar-refractivity contribution is 0.915. The number of hydrogen-bond acceptors (Lipinski definition) is 7. The largest absolute Gasteiger partial charge is 0.384 e. The van der Waals surface area contributed by atoms with E-state index in [0.717, 1.165) is 9.35 Å². The molecular formula is C8H8N6S2. The number of nitrogen functional groups attached to an aromatic ring is 1. The summed E-state index contributed by atoms with van der Waals surface area (Å²) in [6, 6.07) is 1.66. The van der Waals surface area contributed by atoms with Crippen LogP contribution in [0.2, 0.25) is 0 Å². The third-order valence-corrected chi connectivity index (χ3v) is 3.55. The maximum Gasteiger partial charge on any atom is 0.180 e. The van der Waals surface area contributed by atoms with Gasteiger partial charge in [0.15, 0.2) is 4.34 Å². The highest BCUT2D eigenvalue weighted by atomic mass is 32.2. The van der Waals surface area contributed by atoms with Crippen LogP contribution < -0.4 is 5.73 Å². The topological polar surface area (TPSA) is 101 Å². The van der Waals surface area contributed by atoms with Crippen LogP contribution in [0.1, 0.15) is 10.6 Å². The zero-order chi connectivity index (χ0) is 11.5. The van der Waals surface area contributed by atoms with Crippen molar-refractivity contribution in [3.05, 3.63) is 22.8 Å². The second kappa shape index (κ2) is 4.54. The molecular weight excluding hydrogens is 244 g/mol. The summed E-state index contributed by atoms with van der Waals surface area (Å²) in [5, 5.41) is 24.4. The molecule has 2 heterocycles. The van der Waals surface area contributed by atoms with Crippen molar-refractivity contribution >= 4 is 28.9 Å². The van der Waals surface area contributed by atoms with E-state index < -0.39 is 0 Å². The molecule has 6 nitrogen and oxygen atoms in total. The molecule has 0 radical (unpaired) electrons. The Balaban J connectivity index is 2.31. The quantitative estimate of drug-likeness (QED) is 0.626. The van der Waals surface area contributed by atoms with Gasteiger partial charge in [-0.1, -0.05) is 11.3 Å². The lowest BCUT2D eigenvalue weighted by Gasteiger charge is -2.02. The van der Waals surface area contributed by atoms with Crippen molar-refractivity contribution in [2.24, 2.45) is 5.73 Å². The van der Waals surface area contributed by atoms with Gasteiger partial charge in [0.2, 0.25) is 0 Å². The highest BCUT2D eigenvalue weighted by Crippen LogP contribution is 2.29. The molecule has 0 aromatic carbocycles. The van der Waals surface area contributed by atoms with Crippen molar-refractivity contribution in [1.82, 2.24) is 20.4 Å². The van der Waals surface area contributed by atoms with Gasteiger partial charge in [0.05, 0.1) is 11.8 Å². The minimum atomic E-state index is -0.0290. The first-order valence-corrected chi connectivity index (χ1v) is 5.94. The summed E-state index contributed by atoms with van der Waals surface area (Å²) in [6.45, 7) is 1.88. The number of aryl methyl sites for hydroxylation is 1. The fraction of sp³-hybridized carbons (Fsp3) is 0.125. The van der Waals surface area contributed by atoms with Gasteiger partial charge in [0.25, 0.3) is 0 Å². The Hall–Kier alpha value is -1.54. The Kier molecular flexibility index (Phi) is 3.11. The van der Waals surface area contributed by atoms with Crippen molar-refractivity contribution in [3.63, 3.8) is 0 Å². The molecule has 0 unspecified atom stereocenters. The number of nitrogens with two attached hydrogens (primary N) is 1. The average Bonchev–Trinajstić information content (AvgIpc) is 2.64. The molecule has 2 aromatic heterocycles. The number of amidine groups is 1. The molecule has 2 aromatic rings. The summed E-state index contributed by atoms with van der Waals surface area (Å²) in [5.41, 5.74) is 6.01. The number of nitrogens with one attached hydrogen (secondary N) is 1. The maximum atomic E-state index is 7.41. The Morgan fingerprint density at radius 1 is 1.44 bits per heavy atom. The minimum Gasteiger partial charge on any atom is -0.384 e. The third kappa shape index (κ3) is 2.34. The monoisotopic (exact) mass is 252 g/mol. The first-order chi connectivity index (χ1) is 7.66. The fourth-order valence-electron chi connectivity index (χ4n) is 1.00. The van der Waals surface area contributed by atoms with Crippen LogP contribution >= 0.6 is 23.1 Å². The van der Waals surface area contributed by atoms with Gasteiger partial charge in [-0.05, 0) is 24.8 Å². The minimum absolute atomic E-state index is 0.0290. The normalized spacial score (nSPS) is 10.3. The van der Waals surface area contributed by atoms with Crippen molar-refractivity contribution in [1.29, 1.82) is 5.41 Å². The maximum absolute atomic E-state index is 7.41. The summed E-state index contributed by atoms with van der Waals surface area (Å²) >= 11 is 2.78. The molecule has 0 saturated carbocycles. The summed E-state index contributed by atoms with van der Waals surface area (Å²) in [5.74, 6) is -0.0290. The molecule has 0 spiro atoms. The molecule has 0 amide bonds. The van der Waals surface area contributed by atoms with Gasteiger partial charge in [0, 0.05) is 0 Å². The average molecular weight is 252 g/mol. The fourth-order valence-corrected chi connectivity index (χ4v) is 2.81. The van der Waals surface area contributed by atoms with E-state index in [1.165, 1.54) is 29.3 Å². The van der Waals surface area contributed by atoms with Crippen LogP contribution in [0.15, 0.2) is 21.6 Å². The van der Waals surface area contributed by atoms with Gasteiger partial charge >= 0.3 is 0 Å². The molecule has 0 fully saturated rings. The molecule has 3 N–H and O–H groups in total. The van der Waals surface area contributed by atoms with Crippen LogP contribution in [0.5, 0.6) is 0 Å². The van der Waals surface area contributed by atoms with Crippen LogP contribution in [-0.4, -0.2) is 26.2 Å². The van der Waals surface area contributed by atoms with Gasteiger partial charge in [0.1, 0.15) is 15.9 Å². The smallest absolute Gasteiger partial charge is 0.180 e. The Morgan fingerprint density at radius 3 is 2.88 bits per heavy atom. The van der Waals surface area contributed by atoms with E-state index in [1.807, 2.05) is 6.92 Å². The Morgan fingerprint density at radius 2 is 2.25 bits per heavy atom. The molecule has 0 aliphatic rings. The molecule has 8 heteroatoms. The molecule has 0 saturated heterocycles. The van der Waals surface area contributed by atoms with Gasteiger partial charge in [-0.3, -0.25) is 5.41 Å². The lowest BCUT2D eigenvalue weighted by Crippen LogP contribution is -2.13. The summed E-state index contributed by atoms with van der Waals surface area (Å²) in [4.78, 5) is 0. The van der Waals surface area contributed by atoms with Crippen molar-refractivity contribution in [3.8, 4) is 0 Å². The summed E-state index contributed by atoms with van der Waals surface area (Å²) in [6.07, 6.45) is 1.51. The molecule has 0 aliphatic heterocycles. The van der Waals surface area contributed by atoms with E-state index in [4.69, 9.17) is 11.1 Å². The molecule has 82 valence electrons. The molecule has 16 heavy (non-hydrogen) atoms. The van der Waals surface area contributed by atoms with Crippen LogP contribution in [0.25, 0.3) is 0 Å². The zero-order valence-electron chi connectivity index (χ0n) is 8.34. The van der Waals surface area contributed by atoms with Gasteiger partial charge in [-0.2, -0.15) is 5.10 Å². The number of nitrogens with zero attached hydrogens (tertiary/aromatic N) is 4. The molecule has 0 bridgehead atoms. The zero-order valence-corrected chi connectivity index (χ0v) is 9.97. The SMILES string of the molecule is Cc1nnc(Sc2nnccc2C(=N)N)s1. The molecule has 0 aliphatic carbocycles. The highest BCUT2D eigenvalue weighted by molar-refractivity contribution is 8.01. The Labute approximate surface area is 99.8 Å². The van der Waals surface area contributed by atoms with E-state index in [9.17, 15) is 0 Å². The predicted molar refractivity (Wildman–Crippen MR) is 61.8 cm³/mol. The van der Waals surface area contributed by atoms with Crippen LogP contribution in [0.4, 0.5) is 0 Å². The lowest BCUT2D eigenvalue weighted by atomic mass is 10.3. The predicted octanol–water partition coefficient (Wildman–Crippen LogP) is 1.07. The van der Waals surface area contributed by atoms with Crippen molar-refractivity contribution in [2.45, 2.75) is 16.3 Å². The highest BCUT2D eigenvalue weighted by Gasteiger charge is 2.11. The summed E-state index contributed by atoms with van der Waals surface area (Å²) < 4.78 is 0.764. The first kappa shape index (κ1) is 11.0. The van der Waals surface area contributed by atoms with Crippen molar-refractivity contribution < 1.29 is 0 Å². The van der Waals surface area contributed by atoms with E-state index in [0.29, 0.717) is 10.6 Å². The van der Waals surface area contributed by atoms with Gasteiger partial charge < -0.3 is 5.73 Å². The van der Waals surface area contributed by atoms with Gasteiger partial charge in [-0.15, -0.1) is 15.3 Å². The number of rotatable bonds is 3. The summed E-state index contributed by atoms with van der Waals surface area (Å²) in [7, 11) is 0. The van der Waals surface area contributed by atoms with Crippen LogP contribution in [0, 0.1) is 12.3 Å². The van der Waals surface area contributed by atoms with E-state index in [-0.39, 0.29) is 5.84 Å². The van der Waals surface area contributed by atoms with Crippen molar-refractivity contribution in [2.75, 3.05) is 0 Å². The van der Waals surface area contributed by atoms with Gasteiger partial charge in [-0.25, -0.2) is 0 Å². The van der Waals surface area contributed by atoms with E-state index >= 15 is 0 Å².